The number of hydrogen-bond acceptors (Lipinski definition) is 1. The lowest BCUT2D eigenvalue weighted by Crippen LogP contribution is -2.21. The number of nitriles is 1. The number of hydrogen-bond donors (Lipinski definition) is 0. The second-order valence-corrected chi connectivity index (χ2v) is 8.48. The fourth-order valence-corrected chi connectivity index (χ4v) is 4.40. The molecule has 0 bridgehead atoms. The van der Waals surface area contributed by atoms with E-state index in [1.165, 1.54) is 44.1 Å². The molecule has 1 nitrogen and oxygen atoms in total. The lowest BCUT2D eigenvalue weighted by molar-refractivity contribution is 0.308. The Morgan fingerprint density at radius 1 is 1.10 bits per heavy atom. The van der Waals surface area contributed by atoms with Crippen molar-refractivity contribution in [3.63, 3.8) is 0 Å². The van der Waals surface area contributed by atoms with E-state index < -0.39 is 0 Å². The van der Waals surface area contributed by atoms with Crippen molar-refractivity contribution in [1.82, 2.24) is 0 Å². The number of nitrogens with zero attached hydrogens (tertiary/aromatic N) is 1. The average Bonchev–Trinajstić information content (AvgIpc) is 2.55. The van der Waals surface area contributed by atoms with Crippen molar-refractivity contribution in [3.05, 3.63) is 35.4 Å². The molecule has 21 heavy (non-hydrogen) atoms. The van der Waals surface area contributed by atoms with Crippen LogP contribution in [0.5, 0.6) is 0 Å². The zero-order chi connectivity index (χ0) is 15.2. The Morgan fingerprint density at radius 3 is 2.24 bits per heavy atom. The van der Waals surface area contributed by atoms with Gasteiger partial charge in [-0.3, -0.25) is 0 Å². The molecule has 0 radical (unpaired) electrons. The Morgan fingerprint density at radius 2 is 1.71 bits per heavy atom. The molecular weight excluding hydrogens is 390 g/mol. The van der Waals surface area contributed by atoms with E-state index in [1.54, 1.807) is 0 Å². The minimum Gasteiger partial charge on any atom is -0.192 e. The van der Waals surface area contributed by atoms with E-state index in [0.29, 0.717) is 15.6 Å². The summed E-state index contributed by atoms with van der Waals surface area (Å²) in [5, 5.41) is 8.86. The van der Waals surface area contributed by atoms with Gasteiger partial charge in [0, 0.05) is 9.65 Å². The maximum Gasteiger partial charge on any atom is 0.0991 e. The highest BCUT2D eigenvalue weighted by atomic mass is 79.9. The SMILES string of the molecule is CCC(Br)C(Br)CC1CCC(c2ccc(C#N)cc2)CC1. The van der Waals surface area contributed by atoms with Gasteiger partial charge >= 0.3 is 0 Å². The monoisotopic (exact) mass is 411 g/mol. The van der Waals surface area contributed by atoms with E-state index in [2.05, 4.69) is 57.0 Å². The second-order valence-electron chi connectivity index (χ2n) is 6.13. The minimum atomic E-state index is 0.591. The molecular formula is C18H23Br2N. The molecule has 1 fully saturated rings. The highest BCUT2D eigenvalue weighted by Gasteiger charge is 2.25. The highest BCUT2D eigenvalue weighted by Crippen LogP contribution is 2.39. The molecule has 1 aliphatic rings. The van der Waals surface area contributed by atoms with Crippen LogP contribution >= 0.6 is 31.9 Å². The molecule has 0 saturated heterocycles. The smallest absolute Gasteiger partial charge is 0.0991 e. The summed E-state index contributed by atoms with van der Waals surface area (Å²) in [5.74, 6) is 1.55. The summed E-state index contributed by atoms with van der Waals surface area (Å²) in [6, 6.07) is 10.4. The molecule has 0 aromatic heterocycles. The van der Waals surface area contributed by atoms with Crippen LogP contribution in [0.15, 0.2) is 24.3 Å². The molecule has 3 heteroatoms. The zero-order valence-electron chi connectivity index (χ0n) is 12.6. The Balaban J connectivity index is 1.84. The number of rotatable bonds is 5. The quantitative estimate of drug-likeness (QED) is 0.531. The predicted octanol–water partition coefficient (Wildman–Crippen LogP) is 6.16. The maximum absolute atomic E-state index is 8.86. The van der Waals surface area contributed by atoms with Crippen molar-refractivity contribution < 1.29 is 0 Å². The Hall–Kier alpha value is -0.330. The third kappa shape index (κ3) is 4.83. The summed E-state index contributed by atoms with van der Waals surface area (Å²) in [4.78, 5) is 1.19. The van der Waals surface area contributed by atoms with Crippen LogP contribution in [0.2, 0.25) is 0 Å². The molecule has 0 amide bonds. The van der Waals surface area contributed by atoms with Crippen LogP contribution in [0.3, 0.4) is 0 Å². The van der Waals surface area contributed by atoms with Gasteiger partial charge in [-0.25, -0.2) is 0 Å². The Labute approximate surface area is 145 Å². The molecule has 1 saturated carbocycles. The van der Waals surface area contributed by atoms with Crippen molar-refractivity contribution in [3.8, 4) is 6.07 Å². The van der Waals surface area contributed by atoms with Crippen molar-refractivity contribution in [2.45, 2.75) is 61.0 Å². The van der Waals surface area contributed by atoms with Crippen LogP contribution in [0.1, 0.15) is 62.5 Å². The summed E-state index contributed by atoms with van der Waals surface area (Å²) >= 11 is 7.60. The van der Waals surface area contributed by atoms with Gasteiger partial charge in [-0.15, -0.1) is 0 Å². The summed E-state index contributed by atoms with van der Waals surface area (Å²) in [5.41, 5.74) is 2.17. The summed E-state index contributed by atoms with van der Waals surface area (Å²) in [6.07, 6.45) is 7.69. The van der Waals surface area contributed by atoms with E-state index in [9.17, 15) is 0 Å². The van der Waals surface area contributed by atoms with Gasteiger partial charge in [-0.1, -0.05) is 50.9 Å². The van der Waals surface area contributed by atoms with Crippen LogP contribution in [0, 0.1) is 17.2 Å². The van der Waals surface area contributed by atoms with Gasteiger partial charge in [0.15, 0.2) is 0 Å². The molecule has 2 rings (SSSR count). The van der Waals surface area contributed by atoms with E-state index in [4.69, 9.17) is 5.26 Å². The molecule has 1 aliphatic carbocycles. The summed E-state index contributed by atoms with van der Waals surface area (Å²) in [6.45, 7) is 2.23. The zero-order valence-corrected chi connectivity index (χ0v) is 15.7. The first-order chi connectivity index (χ1) is 10.1. The standard InChI is InChI=1S/C18H23Br2N/c1-2-17(19)18(20)11-13-3-7-15(8-4-13)16-9-5-14(12-21)6-10-16/h5-6,9-10,13,15,17-18H,2-4,7-8,11H2,1H3. The highest BCUT2D eigenvalue weighted by molar-refractivity contribution is 9.12. The fourth-order valence-electron chi connectivity index (χ4n) is 3.28. The van der Waals surface area contributed by atoms with Crippen LogP contribution in [-0.4, -0.2) is 9.65 Å². The van der Waals surface area contributed by atoms with E-state index in [0.717, 1.165) is 11.5 Å². The third-order valence-corrected chi connectivity index (χ3v) is 7.71. The Kier molecular flexibility index (Phi) is 6.76. The van der Waals surface area contributed by atoms with Crippen molar-refractivity contribution in [2.24, 2.45) is 5.92 Å². The normalized spacial score (nSPS) is 25.0. The Bertz CT molecular complexity index is 469. The lowest BCUT2D eigenvalue weighted by atomic mass is 9.77. The maximum atomic E-state index is 8.86. The molecule has 1 aromatic carbocycles. The number of alkyl halides is 2. The topological polar surface area (TPSA) is 23.8 Å². The lowest BCUT2D eigenvalue weighted by Gasteiger charge is -2.31. The number of benzene rings is 1. The first-order valence-corrected chi connectivity index (χ1v) is 9.75. The molecule has 0 aliphatic heterocycles. The molecule has 114 valence electrons. The van der Waals surface area contributed by atoms with Crippen LogP contribution in [0.25, 0.3) is 0 Å². The van der Waals surface area contributed by atoms with Crippen LogP contribution in [-0.2, 0) is 0 Å². The van der Waals surface area contributed by atoms with E-state index in [-0.39, 0.29) is 0 Å². The third-order valence-electron chi connectivity index (χ3n) is 4.70. The van der Waals surface area contributed by atoms with Gasteiger partial charge in [0.05, 0.1) is 11.6 Å². The van der Waals surface area contributed by atoms with Gasteiger partial charge in [-0.2, -0.15) is 5.26 Å². The minimum absolute atomic E-state index is 0.591. The molecule has 0 spiro atoms. The van der Waals surface area contributed by atoms with Crippen molar-refractivity contribution in [1.29, 1.82) is 5.26 Å². The molecule has 0 N–H and O–H groups in total. The summed E-state index contributed by atoms with van der Waals surface area (Å²) in [7, 11) is 0. The largest absolute Gasteiger partial charge is 0.192 e. The predicted molar refractivity (Wildman–Crippen MR) is 96.2 cm³/mol. The van der Waals surface area contributed by atoms with E-state index >= 15 is 0 Å². The molecule has 2 atom stereocenters. The fraction of sp³-hybridized carbons (Fsp3) is 0.611. The van der Waals surface area contributed by atoms with E-state index in [1.807, 2.05) is 12.1 Å². The van der Waals surface area contributed by atoms with Crippen molar-refractivity contribution >= 4 is 31.9 Å². The van der Waals surface area contributed by atoms with Gasteiger partial charge in [0.25, 0.3) is 0 Å². The van der Waals surface area contributed by atoms with Gasteiger partial charge in [-0.05, 0) is 68.1 Å². The average molecular weight is 413 g/mol. The van der Waals surface area contributed by atoms with Crippen LogP contribution < -0.4 is 0 Å². The molecule has 2 unspecified atom stereocenters. The second kappa shape index (κ2) is 8.34. The van der Waals surface area contributed by atoms with Crippen molar-refractivity contribution in [2.75, 3.05) is 0 Å². The van der Waals surface area contributed by atoms with Gasteiger partial charge < -0.3 is 0 Å². The molecule has 0 heterocycles. The van der Waals surface area contributed by atoms with Crippen LogP contribution in [0.4, 0.5) is 0 Å². The first-order valence-electron chi connectivity index (χ1n) is 7.92. The molecule has 1 aromatic rings. The first kappa shape index (κ1) is 17.0. The number of halogens is 2. The summed E-state index contributed by atoms with van der Waals surface area (Å²) < 4.78 is 0. The van der Waals surface area contributed by atoms with Gasteiger partial charge in [0.1, 0.15) is 0 Å². The van der Waals surface area contributed by atoms with Gasteiger partial charge in [0.2, 0.25) is 0 Å².